The van der Waals surface area contributed by atoms with E-state index < -0.39 is 26.3 Å². The molecule has 0 saturated heterocycles. The van der Waals surface area contributed by atoms with Crippen LogP contribution < -0.4 is 15.8 Å². The lowest BCUT2D eigenvalue weighted by Crippen LogP contribution is -2.13. The third-order valence-corrected chi connectivity index (χ3v) is 7.93. The molecule has 13 heteroatoms. The molecular formula is C31H22N6O6S. The van der Waals surface area contributed by atoms with Crippen molar-refractivity contribution >= 4 is 44.3 Å². The van der Waals surface area contributed by atoms with Gasteiger partial charge in [-0.3, -0.25) is 20.3 Å². The maximum atomic E-state index is 13.0. The first kappa shape index (κ1) is 28.1. The van der Waals surface area contributed by atoms with E-state index in [1.807, 2.05) is 42.5 Å². The van der Waals surface area contributed by atoms with Crippen molar-refractivity contribution in [2.45, 2.75) is 4.90 Å². The largest absolute Gasteiger partial charge is 0.422 e. The summed E-state index contributed by atoms with van der Waals surface area (Å²) in [7, 11) is -4.10. The number of nitrogens with one attached hydrogen (secondary N) is 2. The summed E-state index contributed by atoms with van der Waals surface area (Å²) in [4.78, 5) is 23.8. The van der Waals surface area contributed by atoms with Gasteiger partial charge in [-0.15, -0.1) is 0 Å². The van der Waals surface area contributed by atoms with Crippen molar-refractivity contribution in [3.05, 3.63) is 141 Å². The standard InChI is InChI=1S/C31H22N6O6S/c38-31-26(17-21-9-7-8-14-29(21)43-31)30-22(20-36(34-30)24-12-5-2-6-13-24)19-32-33-27-16-15-25(18-28(27)37(39)40)44(41,42)35-23-10-3-1-4-11-23/h1-20,33,35H/b32-19-. The van der Waals surface area contributed by atoms with Crippen molar-refractivity contribution in [2.75, 3.05) is 10.1 Å². The second kappa shape index (κ2) is 11.7. The number of nitro groups is 1. The van der Waals surface area contributed by atoms with Crippen molar-refractivity contribution in [3.8, 4) is 16.9 Å². The van der Waals surface area contributed by atoms with E-state index in [2.05, 4.69) is 20.3 Å². The van der Waals surface area contributed by atoms with Crippen LogP contribution in [-0.4, -0.2) is 29.3 Å². The molecule has 6 rings (SSSR count). The van der Waals surface area contributed by atoms with Crippen LogP contribution in [0.3, 0.4) is 0 Å². The highest BCUT2D eigenvalue weighted by Crippen LogP contribution is 2.29. The van der Waals surface area contributed by atoms with E-state index >= 15 is 0 Å². The molecule has 12 nitrogen and oxygen atoms in total. The van der Waals surface area contributed by atoms with E-state index in [4.69, 9.17) is 4.42 Å². The maximum Gasteiger partial charge on any atom is 0.345 e. The topological polar surface area (TPSA) is 162 Å². The lowest BCUT2D eigenvalue weighted by Gasteiger charge is -2.09. The van der Waals surface area contributed by atoms with E-state index in [0.29, 0.717) is 22.2 Å². The minimum Gasteiger partial charge on any atom is -0.422 e. The van der Waals surface area contributed by atoms with Crippen molar-refractivity contribution in [1.82, 2.24) is 9.78 Å². The summed E-state index contributed by atoms with van der Waals surface area (Å²) in [5.74, 6) is 0. The Labute approximate surface area is 250 Å². The second-order valence-electron chi connectivity index (χ2n) is 9.48. The smallest absolute Gasteiger partial charge is 0.345 e. The Kier molecular flexibility index (Phi) is 7.43. The second-order valence-corrected chi connectivity index (χ2v) is 11.2. The molecule has 0 unspecified atom stereocenters. The van der Waals surface area contributed by atoms with Crippen LogP contribution in [0.25, 0.3) is 27.9 Å². The molecule has 218 valence electrons. The van der Waals surface area contributed by atoms with Gasteiger partial charge in [-0.1, -0.05) is 54.6 Å². The summed E-state index contributed by atoms with van der Waals surface area (Å²) in [6.45, 7) is 0. The predicted molar refractivity (Wildman–Crippen MR) is 167 cm³/mol. The summed E-state index contributed by atoms with van der Waals surface area (Å²) >= 11 is 0. The van der Waals surface area contributed by atoms with Gasteiger partial charge in [0.2, 0.25) is 0 Å². The van der Waals surface area contributed by atoms with Crippen molar-refractivity contribution in [1.29, 1.82) is 0 Å². The molecule has 2 N–H and O–H groups in total. The molecule has 0 aliphatic heterocycles. The lowest BCUT2D eigenvalue weighted by atomic mass is 10.1. The molecule has 4 aromatic carbocycles. The van der Waals surface area contributed by atoms with Gasteiger partial charge in [-0.25, -0.2) is 17.9 Å². The number of nitrogens with zero attached hydrogens (tertiary/aromatic N) is 4. The van der Waals surface area contributed by atoms with Gasteiger partial charge in [0, 0.05) is 28.9 Å². The van der Waals surface area contributed by atoms with Gasteiger partial charge in [-0.2, -0.15) is 10.2 Å². The number of aromatic nitrogens is 2. The summed E-state index contributed by atoms with van der Waals surface area (Å²) < 4.78 is 35.2. The molecule has 44 heavy (non-hydrogen) atoms. The van der Waals surface area contributed by atoms with Crippen LogP contribution in [0.4, 0.5) is 17.1 Å². The monoisotopic (exact) mass is 606 g/mol. The third-order valence-electron chi connectivity index (χ3n) is 6.55. The molecule has 0 atom stereocenters. The van der Waals surface area contributed by atoms with Crippen LogP contribution >= 0.6 is 0 Å². The number of rotatable bonds is 9. The third kappa shape index (κ3) is 5.80. The number of para-hydroxylation sites is 3. The summed E-state index contributed by atoms with van der Waals surface area (Å²) in [5, 5.41) is 21.4. The highest BCUT2D eigenvalue weighted by Gasteiger charge is 2.22. The zero-order valence-corrected chi connectivity index (χ0v) is 23.5. The highest BCUT2D eigenvalue weighted by atomic mass is 32.2. The molecule has 2 heterocycles. The van der Waals surface area contributed by atoms with Crippen molar-refractivity contribution < 1.29 is 17.8 Å². The fraction of sp³-hybridized carbons (Fsp3) is 0. The zero-order chi connectivity index (χ0) is 30.7. The molecule has 0 bridgehead atoms. The number of hydrazone groups is 1. The minimum absolute atomic E-state index is 0.0490. The van der Waals surface area contributed by atoms with E-state index in [1.54, 1.807) is 59.4 Å². The Bertz CT molecular complexity index is 2200. The Balaban J connectivity index is 1.34. The first-order valence-electron chi connectivity index (χ1n) is 13.1. The number of nitro benzene ring substituents is 1. The normalized spacial score (nSPS) is 11.5. The Morgan fingerprint density at radius 3 is 2.36 bits per heavy atom. The van der Waals surface area contributed by atoms with Gasteiger partial charge in [0.1, 0.15) is 17.0 Å². The first-order valence-corrected chi connectivity index (χ1v) is 14.6. The molecule has 0 aliphatic carbocycles. The molecule has 6 aromatic rings. The SMILES string of the molecule is O=c1oc2ccccc2cc1-c1nn(-c2ccccc2)cc1/C=N\Nc1ccc(S(=O)(=O)Nc2ccccc2)cc1[N+](=O)[O-]. The number of sulfonamides is 1. The summed E-state index contributed by atoms with van der Waals surface area (Å²) in [5.41, 5.74) is 3.83. The Hall–Kier alpha value is -6.08. The summed E-state index contributed by atoms with van der Waals surface area (Å²) in [6, 6.07) is 29.6. The number of hydrogen-bond acceptors (Lipinski definition) is 9. The molecule has 0 saturated carbocycles. The van der Waals surface area contributed by atoms with Gasteiger partial charge >= 0.3 is 5.63 Å². The molecule has 0 amide bonds. The van der Waals surface area contributed by atoms with Crippen LogP contribution in [0, 0.1) is 10.1 Å². The van der Waals surface area contributed by atoms with Crippen LogP contribution in [0.15, 0.2) is 135 Å². The fourth-order valence-electron chi connectivity index (χ4n) is 4.45. The molecule has 0 fully saturated rings. The lowest BCUT2D eigenvalue weighted by molar-refractivity contribution is -0.384. The predicted octanol–water partition coefficient (Wildman–Crippen LogP) is 5.80. The van der Waals surface area contributed by atoms with E-state index in [1.165, 1.54) is 18.3 Å². The van der Waals surface area contributed by atoms with Crippen LogP contribution in [0.5, 0.6) is 0 Å². The quantitative estimate of drug-likeness (QED) is 0.0903. The van der Waals surface area contributed by atoms with Gasteiger partial charge < -0.3 is 4.42 Å². The van der Waals surface area contributed by atoms with Gasteiger partial charge in [0.15, 0.2) is 0 Å². The summed E-state index contributed by atoms with van der Waals surface area (Å²) in [6.07, 6.45) is 3.02. The first-order chi connectivity index (χ1) is 21.3. The van der Waals surface area contributed by atoms with Gasteiger partial charge in [-0.05, 0) is 48.5 Å². The van der Waals surface area contributed by atoms with E-state index in [0.717, 1.165) is 11.8 Å². The maximum absolute atomic E-state index is 13.0. The number of fused-ring (bicyclic) bond motifs is 1. The van der Waals surface area contributed by atoms with Crippen LogP contribution in [0.1, 0.15) is 5.56 Å². The number of hydrogen-bond donors (Lipinski definition) is 2. The fourth-order valence-corrected chi connectivity index (χ4v) is 5.53. The number of anilines is 2. The van der Waals surface area contributed by atoms with Gasteiger partial charge in [0.05, 0.1) is 27.3 Å². The average molecular weight is 607 g/mol. The van der Waals surface area contributed by atoms with Crippen LogP contribution in [0.2, 0.25) is 0 Å². The molecule has 0 aliphatic rings. The molecule has 0 radical (unpaired) electrons. The molecular weight excluding hydrogens is 584 g/mol. The number of benzene rings is 4. The molecule has 0 spiro atoms. The van der Waals surface area contributed by atoms with Crippen LogP contribution in [-0.2, 0) is 10.0 Å². The highest BCUT2D eigenvalue weighted by molar-refractivity contribution is 7.92. The van der Waals surface area contributed by atoms with Crippen molar-refractivity contribution in [2.24, 2.45) is 5.10 Å². The Morgan fingerprint density at radius 2 is 1.61 bits per heavy atom. The van der Waals surface area contributed by atoms with Crippen molar-refractivity contribution in [3.63, 3.8) is 0 Å². The minimum atomic E-state index is -4.10. The zero-order valence-electron chi connectivity index (χ0n) is 22.7. The van der Waals surface area contributed by atoms with E-state index in [-0.39, 0.29) is 21.8 Å². The van der Waals surface area contributed by atoms with Gasteiger partial charge in [0.25, 0.3) is 15.7 Å². The Morgan fingerprint density at radius 1 is 0.909 bits per heavy atom. The average Bonchev–Trinajstić information content (AvgIpc) is 3.45. The molecule has 2 aromatic heterocycles. The van der Waals surface area contributed by atoms with E-state index in [9.17, 15) is 23.3 Å².